The van der Waals surface area contributed by atoms with E-state index in [4.69, 9.17) is 23.7 Å². The van der Waals surface area contributed by atoms with Gasteiger partial charge in [0.15, 0.2) is 0 Å². The number of rotatable bonds is 15. The summed E-state index contributed by atoms with van der Waals surface area (Å²) >= 11 is 0. The Labute approximate surface area is 188 Å². The van der Waals surface area contributed by atoms with E-state index in [1.807, 2.05) is 55.5 Å². The normalized spacial score (nSPS) is 10.9. The molecular formula is C24H31N3O5. The SMILES string of the molecule is CCOCCOCCOCCOc1nc(NCc2ccc(OC)cc2)c2ccccc2n1. The van der Waals surface area contributed by atoms with Gasteiger partial charge in [-0.3, -0.25) is 0 Å². The number of nitrogens with one attached hydrogen (secondary N) is 1. The predicted molar refractivity (Wildman–Crippen MR) is 123 cm³/mol. The summed E-state index contributed by atoms with van der Waals surface area (Å²) in [6.07, 6.45) is 0. The van der Waals surface area contributed by atoms with Gasteiger partial charge in [0.25, 0.3) is 0 Å². The average Bonchev–Trinajstić information content (AvgIpc) is 2.84. The second-order valence-corrected chi connectivity index (χ2v) is 6.84. The summed E-state index contributed by atoms with van der Waals surface area (Å²) < 4.78 is 27.1. The lowest BCUT2D eigenvalue weighted by Crippen LogP contribution is -2.13. The first kappa shape index (κ1) is 23.7. The molecule has 0 atom stereocenters. The van der Waals surface area contributed by atoms with Crippen molar-refractivity contribution in [3.05, 3.63) is 54.1 Å². The quantitative estimate of drug-likeness (QED) is 0.358. The Kier molecular flexibility index (Phi) is 9.98. The van der Waals surface area contributed by atoms with Gasteiger partial charge in [0.05, 0.1) is 45.7 Å². The van der Waals surface area contributed by atoms with Crippen molar-refractivity contribution in [1.29, 1.82) is 0 Å². The smallest absolute Gasteiger partial charge is 0.319 e. The van der Waals surface area contributed by atoms with Crippen LogP contribution in [0.1, 0.15) is 12.5 Å². The van der Waals surface area contributed by atoms with Crippen molar-refractivity contribution in [3.63, 3.8) is 0 Å². The molecule has 0 radical (unpaired) electrons. The molecule has 8 heteroatoms. The Morgan fingerprint density at radius 1 is 0.781 bits per heavy atom. The summed E-state index contributed by atoms with van der Waals surface area (Å²) in [5, 5.41) is 4.33. The highest BCUT2D eigenvalue weighted by Gasteiger charge is 2.09. The highest BCUT2D eigenvalue weighted by atomic mass is 16.6. The van der Waals surface area contributed by atoms with Crippen LogP contribution in [0.3, 0.4) is 0 Å². The molecule has 0 aliphatic rings. The van der Waals surface area contributed by atoms with Crippen LogP contribution < -0.4 is 14.8 Å². The topological polar surface area (TPSA) is 84.0 Å². The molecule has 0 bridgehead atoms. The first-order valence-electron chi connectivity index (χ1n) is 10.8. The molecule has 0 aliphatic heterocycles. The van der Waals surface area contributed by atoms with Crippen molar-refractivity contribution >= 4 is 16.7 Å². The highest BCUT2D eigenvalue weighted by molar-refractivity contribution is 5.89. The monoisotopic (exact) mass is 441 g/mol. The van der Waals surface area contributed by atoms with Crippen LogP contribution >= 0.6 is 0 Å². The van der Waals surface area contributed by atoms with Gasteiger partial charge in [-0.2, -0.15) is 9.97 Å². The fraction of sp³-hybridized carbons (Fsp3) is 0.417. The number of para-hydroxylation sites is 1. The molecule has 3 aromatic rings. The molecule has 0 fully saturated rings. The number of anilines is 1. The Morgan fingerprint density at radius 3 is 2.19 bits per heavy atom. The van der Waals surface area contributed by atoms with E-state index in [0.717, 1.165) is 28.0 Å². The number of fused-ring (bicyclic) bond motifs is 1. The maximum absolute atomic E-state index is 5.73. The molecule has 0 saturated heterocycles. The number of ether oxygens (including phenoxy) is 5. The molecule has 1 aromatic heterocycles. The van der Waals surface area contributed by atoms with E-state index < -0.39 is 0 Å². The highest BCUT2D eigenvalue weighted by Crippen LogP contribution is 2.23. The Hall–Kier alpha value is -2.94. The number of aromatic nitrogens is 2. The van der Waals surface area contributed by atoms with Gasteiger partial charge in [-0.15, -0.1) is 0 Å². The van der Waals surface area contributed by atoms with Gasteiger partial charge in [-0.1, -0.05) is 24.3 Å². The summed E-state index contributed by atoms with van der Waals surface area (Å²) in [6.45, 7) is 6.28. The molecule has 1 heterocycles. The van der Waals surface area contributed by atoms with Crippen molar-refractivity contribution in [2.45, 2.75) is 13.5 Å². The van der Waals surface area contributed by atoms with E-state index in [9.17, 15) is 0 Å². The lowest BCUT2D eigenvalue weighted by molar-refractivity contribution is 0.0109. The van der Waals surface area contributed by atoms with E-state index >= 15 is 0 Å². The van der Waals surface area contributed by atoms with Gasteiger partial charge in [0.2, 0.25) is 0 Å². The van der Waals surface area contributed by atoms with Crippen LogP contribution in [0.25, 0.3) is 10.9 Å². The van der Waals surface area contributed by atoms with Gasteiger partial charge >= 0.3 is 6.01 Å². The first-order chi connectivity index (χ1) is 15.8. The summed E-state index contributed by atoms with van der Waals surface area (Å²) in [5.74, 6) is 1.56. The van der Waals surface area contributed by atoms with E-state index in [-0.39, 0.29) is 0 Å². The molecule has 32 heavy (non-hydrogen) atoms. The second kappa shape index (κ2) is 13.5. The van der Waals surface area contributed by atoms with Crippen LogP contribution in [0.4, 0.5) is 5.82 Å². The van der Waals surface area contributed by atoms with E-state index in [1.165, 1.54) is 0 Å². The number of benzene rings is 2. The minimum atomic E-state index is 0.317. The van der Waals surface area contributed by atoms with Gasteiger partial charge in [-0.25, -0.2) is 0 Å². The summed E-state index contributed by atoms with van der Waals surface area (Å²) in [5.41, 5.74) is 1.94. The van der Waals surface area contributed by atoms with Crippen LogP contribution in [-0.4, -0.2) is 63.3 Å². The van der Waals surface area contributed by atoms with E-state index in [1.54, 1.807) is 7.11 Å². The molecule has 8 nitrogen and oxygen atoms in total. The molecule has 1 N–H and O–H groups in total. The second-order valence-electron chi connectivity index (χ2n) is 6.84. The number of hydrogen-bond acceptors (Lipinski definition) is 8. The molecule has 0 saturated carbocycles. The fourth-order valence-electron chi connectivity index (χ4n) is 2.96. The molecular weight excluding hydrogens is 410 g/mol. The minimum absolute atomic E-state index is 0.317. The van der Waals surface area contributed by atoms with Crippen molar-refractivity contribution in [2.24, 2.45) is 0 Å². The summed E-state index contributed by atoms with van der Waals surface area (Å²) in [4.78, 5) is 9.07. The molecule has 0 amide bonds. The maximum atomic E-state index is 5.73. The fourth-order valence-corrected chi connectivity index (χ4v) is 2.96. The van der Waals surface area contributed by atoms with Crippen molar-refractivity contribution in [2.75, 3.05) is 58.7 Å². The lowest BCUT2D eigenvalue weighted by Gasteiger charge is -2.12. The zero-order valence-corrected chi connectivity index (χ0v) is 18.7. The van der Waals surface area contributed by atoms with E-state index in [2.05, 4.69) is 15.3 Å². The van der Waals surface area contributed by atoms with Crippen LogP contribution in [0.2, 0.25) is 0 Å². The number of methoxy groups -OCH3 is 1. The average molecular weight is 442 g/mol. The molecule has 0 spiro atoms. The molecule has 172 valence electrons. The standard InChI is InChI=1S/C24H31N3O5/c1-3-29-12-13-30-14-15-31-16-17-32-24-26-22-7-5-4-6-21(22)23(27-24)25-18-19-8-10-20(28-2)11-9-19/h4-11H,3,12-18H2,1-2H3,(H,25,26,27). The minimum Gasteiger partial charge on any atom is -0.497 e. The largest absolute Gasteiger partial charge is 0.497 e. The van der Waals surface area contributed by atoms with Gasteiger partial charge in [0, 0.05) is 18.5 Å². The van der Waals surface area contributed by atoms with E-state index in [0.29, 0.717) is 58.8 Å². The third-order valence-corrected chi connectivity index (χ3v) is 4.61. The molecule has 0 unspecified atom stereocenters. The molecule has 0 aliphatic carbocycles. The van der Waals surface area contributed by atoms with Crippen molar-refractivity contribution in [1.82, 2.24) is 9.97 Å². The third-order valence-electron chi connectivity index (χ3n) is 4.61. The Bertz CT molecular complexity index is 937. The van der Waals surface area contributed by atoms with Gasteiger partial charge in [-0.05, 0) is 36.8 Å². The van der Waals surface area contributed by atoms with Crippen LogP contribution in [0.5, 0.6) is 11.8 Å². The zero-order valence-electron chi connectivity index (χ0n) is 18.7. The lowest BCUT2D eigenvalue weighted by atomic mass is 10.2. The predicted octanol–water partition coefficient (Wildman–Crippen LogP) is 3.70. The third kappa shape index (κ3) is 7.64. The maximum Gasteiger partial charge on any atom is 0.319 e. The summed E-state index contributed by atoms with van der Waals surface area (Å²) in [6, 6.07) is 16.1. The van der Waals surface area contributed by atoms with Gasteiger partial charge in [0.1, 0.15) is 18.2 Å². The Morgan fingerprint density at radius 2 is 1.47 bits per heavy atom. The van der Waals surface area contributed by atoms with Crippen molar-refractivity contribution < 1.29 is 23.7 Å². The first-order valence-corrected chi connectivity index (χ1v) is 10.8. The molecule has 3 rings (SSSR count). The van der Waals surface area contributed by atoms with Gasteiger partial charge < -0.3 is 29.0 Å². The number of nitrogens with zero attached hydrogens (tertiary/aromatic N) is 2. The van der Waals surface area contributed by atoms with Crippen LogP contribution in [0.15, 0.2) is 48.5 Å². The molecule has 2 aromatic carbocycles. The zero-order chi connectivity index (χ0) is 22.4. The number of hydrogen-bond donors (Lipinski definition) is 1. The summed E-state index contributed by atoms with van der Waals surface area (Å²) in [7, 11) is 1.66. The van der Waals surface area contributed by atoms with Crippen LogP contribution in [0, 0.1) is 0 Å². The van der Waals surface area contributed by atoms with Crippen LogP contribution in [-0.2, 0) is 20.8 Å². The Balaban J connectivity index is 1.49. The van der Waals surface area contributed by atoms with Crippen molar-refractivity contribution in [3.8, 4) is 11.8 Å².